The number of para-hydroxylation sites is 2. The monoisotopic (exact) mass is 342 g/mol. The summed E-state index contributed by atoms with van der Waals surface area (Å²) >= 11 is 0. The standard InChI is InChI=1S/C23H22N2O/c1-26-23-15-9-8-14-21(23)22-17-20(16-18-10-4-2-5-11-18)25(24-22)19-12-6-3-7-13-19/h2-15,20H,16-17H2,1H3. The smallest absolute Gasteiger partial charge is 0.127 e. The SMILES string of the molecule is COc1ccccc1C1=NN(c2ccccc2)C(Cc2ccccc2)C1. The second kappa shape index (κ2) is 7.44. The molecule has 3 aromatic rings. The number of rotatable bonds is 5. The zero-order valence-electron chi connectivity index (χ0n) is 14.9. The Balaban J connectivity index is 1.69. The van der Waals surface area contributed by atoms with Crippen LogP contribution < -0.4 is 9.75 Å². The van der Waals surface area contributed by atoms with Gasteiger partial charge < -0.3 is 4.74 Å². The number of methoxy groups -OCH3 is 1. The summed E-state index contributed by atoms with van der Waals surface area (Å²) in [5.41, 5.74) is 4.60. The Morgan fingerprint density at radius 1 is 0.885 bits per heavy atom. The van der Waals surface area contributed by atoms with Gasteiger partial charge in [0.25, 0.3) is 0 Å². The van der Waals surface area contributed by atoms with Crippen molar-refractivity contribution in [1.29, 1.82) is 0 Å². The first kappa shape index (κ1) is 16.4. The lowest BCUT2D eigenvalue weighted by atomic mass is 9.98. The molecule has 0 amide bonds. The minimum Gasteiger partial charge on any atom is -0.496 e. The van der Waals surface area contributed by atoms with E-state index in [4.69, 9.17) is 9.84 Å². The number of ether oxygens (including phenoxy) is 1. The second-order valence-electron chi connectivity index (χ2n) is 6.47. The second-order valence-corrected chi connectivity index (χ2v) is 6.47. The van der Waals surface area contributed by atoms with Gasteiger partial charge in [-0.15, -0.1) is 0 Å². The molecule has 1 aliphatic heterocycles. The Hall–Kier alpha value is -3.07. The lowest BCUT2D eigenvalue weighted by Crippen LogP contribution is -2.28. The van der Waals surface area contributed by atoms with Gasteiger partial charge >= 0.3 is 0 Å². The van der Waals surface area contributed by atoms with E-state index in [9.17, 15) is 0 Å². The molecule has 4 rings (SSSR count). The average Bonchev–Trinajstić information content (AvgIpc) is 3.13. The molecular formula is C23H22N2O. The van der Waals surface area contributed by atoms with Crippen LogP contribution in [0.5, 0.6) is 5.75 Å². The third kappa shape index (κ3) is 3.33. The fraction of sp³-hybridized carbons (Fsp3) is 0.174. The van der Waals surface area contributed by atoms with Crippen molar-refractivity contribution in [3.8, 4) is 5.75 Å². The molecule has 0 radical (unpaired) electrons. The van der Waals surface area contributed by atoms with Crippen LogP contribution in [0.15, 0.2) is 90.0 Å². The topological polar surface area (TPSA) is 24.8 Å². The van der Waals surface area contributed by atoms with Crippen molar-refractivity contribution in [2.75, 3.05) is 12.1 Å². The molecular weight excluding hydrogens is 320 g/mol. The Bertz CT molecular complexity index is 890. The van der Waals surface area contributed by atoms with Crippen molar-refractivity contribution in [2.24, 2.45) is 5.10 Å². The normalized spacial score (nSPS) is 16.4. The van der Waals surface area contributed by atoms with Crippen LogP contribution in [-0.2, 0) is 6.42 Å². The van der Waals surface area contributed by atoms with Gasteiger partial charge in [0, 0.05) is 12.0 Å². The summed E-state index contributed by atoms with van der Waals surface area (Å²) in [6.07, 6.45) is 1.85. The molecule has 1 heterocycles. The number of hydrogen-bond acceptors (Lipinski definition) is 3. The molecule has 0 aromatic heterocycles. The first-order valence-electron chi connectivity index (χ1n) is 8.94. The van der Waals surface area contributed by atoms with Crippen LogP contribution in [0, 0.1) is 0 Å². The van der Waals surface area contributed by atoms with Crippen molar-refractivity contribution in [2.45, 2.75) is 18.9 Å². The van der Waals surface area contributed by atoms with Gasteiger partial charge in [-0.2, -0.15) is 5.10 Å². The van der Waals surface area contributed by atoms with Gasteiger partial charge in [0.2, 0.25) is 0 Å². The summed E-state index contributed by atoms with van der Waals surface area (Å²) in [6.45, 7) is 0. The van der Waals surface area contributed by atoms with Crippen molar-refractivity contribution in [3.05, 3.63) is 96.1 Å². The molecule has 0 saturated carbocycles. The Morgan fingerprint density at radius 3 is 2.27 bits per heavy atom. The van der Waals surface area contributed by atoms with Gasteiger partial charge in [-0.3, -0.25) is 5.01 Å². The summed E-state index contributed by atoms with van der Waals surface area (Å²) < 4.78 is 5.55. The Labute approximate surface area is 154 Å². The van der Waals surface area contributed by atoms with E-state index in [0.29, 0.717) is 6.04 Å². The molecule has 0 spiro atoms. The number of anilines is 1. The van der Waals surface area contributed by atoms with Crippen molar-refractivity contribution < 1.29 is 4.74 Å². The van der Waals surface area contributed by atoms with Crippen LogP contribution in [0.2, 0.25) is 0 Å². The first-order valence-corrected chi connectivity index (χ1v) is 8.94. The molecule has 26 heavy (non-hydrogen) atoms. The quantitative estimate of drug-likeness (QED) is 0.657. The molecule has 1 aliphatic rings. The molecule has 130 valence electrons. The molecule has 0 N–H and O–H groups in total. The van der Waals surface area contributed by atoms with E-state index >= 15 is 0 Å². The molecule has 0 bridgehead atoms. The maximum absolute atomic E-state index is 5.55. The van der Waals surface area contributed by atoms with Gasteiger partial charge in [-0.25, -0.2) is 0 Å². The molecule has 3 heteroatoms. The van der Waals surface area contributed by atoms with Gasteiger partial charge in [0.05, 0.1) is 24.6 Å². The number of hydrazone groups is 1. The van der Waals surface area contributed by atoms with E-state index in [1.165, 1.54) is 5.56 Å². The summed E-state index contributed by atoms with van der Waals surface area (Å²) in [7, 11) is 1.71. The molecule has 1 unspecified atom stereocenters. The third-order valence-corrected chi connectivity index (χ3v) is 4.76. The van der Waals surface area contributed by atoms with Crippen LogP contribution in [-0.4, -0.2) is 18.9 Å². The highest BCUT2D eigenvalue weighted by atomic mass is 16.5. The Kier molecular flexibility index (Phi) is 4.69. The van der Waals surface area contributed by atoms with Gasteiger partial charge in [-0.1, -0.05) is 60.7 Å². The van der Waals surface area contributed by atoms with E-state index in [2.05, 4.69) is 65.7 Å². The summed E-state index contributed by atoms with van der Waals surface area (Å²) in [5, 5.41) is 7.15. The average molecular weight is 342 g/mol. The maximum Gasteiger partial charge on any atom is 0.127 e. The largest absolute Gasteiger partial charge is 0.496 e. The predicted molar refractivity (Wildman–Crippen MR) is 107 cm³/mol. The highest BCUT2D eigenvalue weighted by Crippen LogP contribution is 2.31. The molecule has 3 nitrogen and oxygen atoms in total. The van der Waals surface area contributed by atoms with Gasteiger partial charge in [0.15, 0.2) is 0 Å². The van der Waals surface area contributed by atoms with E-state index in [1.807, 2.05) is 24.3 Å². The van der Waals surface area contributed by atoms with Crippen LogP contribution in [0.4, 0.5) is 5.69 Å². The van der Waals surface area contributed by atoms with Crippen LogP contribution in [0.3, 0.4) is 0 Å². The molecule has 0 saturated heterocycles. The Morgan fingerprint density at radius 2 is 1.54 bits per heavy atom. The van der Waals surface area contributed by atoms with Crippen LogP contribution in [0.25, 0.3) is 0 Å². The maximum atomic E-state index is 5.55. The highest BCUT2D eigenvalue weighted by molar-refractivity contribution is 6.05. The highest BCUT2D eigenvalue weighted by Gasteiger charge is 2.29. The van der Waals surface area contributed by atoms with E-state index in [-0.39, 0.29) is 0 Å². The third-order valence-electron chi connectivity index (χ3n) is 4.76. The van der Waals surface area contributed by atoms with E-state index in [1.54, 1.807) is 7.11 Å². The van der Waals surface area contributed by atoms with E-state index < -0.39 is 0 Å². The summed E-state index contributed by atoms with van der Waals surface area (Å²) in [5.74, 6) is 0.875. The van der Waals surface area contributed by atoms with Crippen molar-refractivity contribution in [3.63, 3.8) is 0 Å². The molecule has 3 aromatic carbocycles. The zero-order valence-corrected chi connectivity index (χ0v) is 14.9. The van der Waals surface area contributed by atoms with Crippen LogP contribution in [0.1, 0.15) is 17.5 Å². The van der Waals surface area contributed by atoms with E-state index in [0.717, 1.165) is 35.6 Å². The van der Waals surface area contributed by atoms with Gasteiger partial charge in [0.1, 0.15) is 5.75 Å². The molecule has 0 aliphatic carbocycles. The summed E-state index contributed by atoms with van der Waals surface area (Å²) in [4.78, 5) is 0. The van der Waals surface area contributed by atoms with Crippen LogP contribution >= 0.6 is 0 Å². The minimum absolute atomic E-state index is 0.291. The molecule has 1 atom stereocenters. The lowest BCUT2D eigenvalue weighted by Gasteiger charge is -2.23. The first-order chi connectivity index (χ1) is 12.8. The summed E-state index contributed by atoms with van der Waals surface area (Å²) in [6, 6.07) is 29.4. The number of benzene rings is 3. The lowest BCUT2D eigenvalue weighted by molar-refractivity contribution is 0.414. The fourth-order valence-corrected chi connectivity index (χ4v) is 3.50. The van der Waals surface area contributed by atoms with Gasteiger partial charge in [-0.05, 0) is 36.2 Å². The predicted octanol–water partition coefficient (Wildman–Crippen LogP) is 4.92. The minimum atomic E-state index is 0.291. The molecule has 0 fully saturated rings. The zero-order chi connectivity index (χ0) is 17.8. The number of nitrogens with zero attached hydrogens (tertiary/aromatic N) is 2. The van der Waals surface area contributed by atoms with Crippen molar-refractivity contribution >= 4 is 11.4 Å². The fourth-order valence-electron chi connectivity index (χ4n) is 3.50. The number of hydrogen-bond donors (Lipinski definition) is 0. The van der Waals surface area contributed by atoms with Crippen molar-refractivity contribution in [1.82, 2.24) is 0 Å².